The number of nitrogens with one attached hydrogen (secondary N) is 2. The van der Waals surface area contributed by atoms with E-state index in [-0.39, 0.29) is 11.8 Å². The summed E-state index contributed by atoms with van der Waals surface area (Å²) in [5.74, 6) is 0.334. The van der Waals surface area contributed by atoms with Gasteiger partial charge < -0.3 is 20.6 Å². The van der Waals surface area contributed by atoms with E-state index in [1.54, 1.807) is 4.90 Å². The smallest absolute Gasteiger partial charge is 0.243 e. The van der Waals surface area contributed by atoms with Crippen LogP contribution >= 0.6 is 0 Å². The molecular formula is C33H48N4O3. The lowest BCUT2D eigenvalue weighted by atomic mass is 9.94. The van der Waals surface area contributed by atoms with Gasteiger partial charge in [0.25, 0.3) is 0 Å². The Balaban J connectivity index is 1.40. The molecule has 218 valence electrons. The van der Waals surface area contributed by atoms with Crippen LogP contribution in [0.1, 0.15) is 76.0 Å². The highest BCUT2D eigenvalue weighted by Crippen LogP contribution is 2.39. The lowest BCUT2D eigenvalue weighted by Gasteiger charge is -2.34. The molecule has 2 aromatic carbocycles. The topological polar surface area (TPSA) is 84.9 Å². The second-order valence-corrected chi connectivity index (χ2v) is 11.9. The summed E-state index contributed by atoms with van der Waals surface area (Å²) < 4.78 is 0. The summed E-state index contributed by atoms with van der Waals surface area (Å²) in [6.45, 7) is 11.8. The molecule has 7 heteroatoms. The van der Waals surface area contributed by atoms with E-state index in [2.05, 4.69) is 60.6 Å². The fourth-order valence-corrected chi connectivity index (χ4v) is 6.37. The molecule has 0 saturated carbocycles. The quantitative estimate of drug-likeness (QED) is 0.354. The van der Waals surface area contributed by atoms with Gasteiger partial charge in [0.15, 0.2) is 0 Å². The number of rotatable bonds is 13. The summed E-state index contributed by atoms with van der Waals surface area (Å²) in [7, 11) is 0. The van der Waals surface area contributed by atoms with Crippen LogP contribution in [0.2, 0.25) is 0 Å². The zero-order valence-electron chi connectivity index (χ0n) is 24.7. The molecule has 0 aromatic heterocycles. The van der Waals surface area contributed by atoms with Gasteiger partial charge in [0.05, 0.1) is 12.1 Å². The predicted molar refractivity (Wildman–Crippen MR) is 160 cm³/mol. The van der Waals surface area contributed by atoms with E-state index in [0.717, 1.165) is 44.3 Å². The summed E-state index contributed by atoms with van der Waals surface area (Å²) in [5, 5.41) is 17.7. The Hall–Kier alpha value is -2.74. The first kappa shape index (κ1) is 30.2. The molecule has 2 aliphatic rings. The third-order valence-corrected chi connectivity index (χ3v) is 8.78. The minimum absolute atomic E-state index is 0.0894. The van der Waals surface area contributed by atoms with Crippen molar-refractivity contribution in [3.05, 3.63) is 71.3 Å². The van der Waals surface area contributed by atoms with Gasteiger partial charge in [-0.05, 0) is 74.7 Å². The van der Waals surface area contributed by atoms with Crippen LogP contribution in [0.15, 0.2) is 54.6 Å². The van der Waals surface area contributed by atoms with E-state index in [4.69, 9.17) is 0 Å². The molecule has 0 unspecified atom stereocenters. The number of likely N-dealkylation sites (tertiary alicyclic amines) is 2. The van der Waals surface area contributed by atoms with Gasteiger partial charge in [0, 0.05) is 19.6 Å². The van der Waals surface area contributed by atoms with E-state index < -0.39 is 23.7 Å². The van der Waals surface area contributed by atoms with Crippen LogP contribution in [0, 0.1) is 0 Å². The van der Waals surface area contributed by atoms with Crippen LogP contribution in [0.4, 0.5) is 0 Å². The van der Waals surface area contributed by atoms with Crippen molar-refractivity contribution >= 4 is 11.8 Å². The SMILES string of the molecule is CCCN1CCC[C@@]12CCN([C@@H](C)C(=O)N[C@@H](Cc1ccccc1)[C@H](O)CNCc1cccc(C(C)C)c1)C2=O. The van der Waals surface area contributed by atoms with Gasteiger partial charge in [-0.3, -0.25) is 14.5 Å². The van der Waals surface area contributed by atoms with Crippen molar-refractivity contribution in [2.45, 2.75) is 96.0 Å². The van der Waals surface area contributed by atoms with Crippen molar-refractivity contribution < 1.29 is 14.7 Å². The first-order chi connectivity index (χ1) is 19.2. The van der Waals surface area contributed by atoms with Gasteiger partial charge in [-0.15, -0.1) is 0 Å². The maximum absolute atomic E-state index is 13.7. The molecule has 2 fully saturated rings. The maximum Gasteiger partial charge on any atom is 0.243 e. The first-order valence-electron chi connectivity index (χ1n) is 15.1. The van der Waals surface area contributed by atoms with Gasteiger partial charge in [0.2, 0.25) is 11.8 Å². The number of nitrogens with zero attached hydrogens (tertiary/aromatic N) is 2. The average molecular weight is 549 g/mol. The lowest BCUT2D eigenvalue weighted by molar-refractivity contribution is -0.143. The molecule has 2 aromatic rings. The Kier molecular flexibility index (Phi) is 10.4. The van der Waals surface area contributed by atoms with E-state index in [1.807, 2.05) is 37.3 Å². The molecule has 4 rings (SSSR count). The number of benzene rings is 2. The number of aliphatic hydroxyl groups is 1. The minimum Gasteiger partial charge on any atom is -0.390 e. The molecule has 3 N–H and O–H groups in total. The second-order valence-electron chi connectivity index (χ2n) is 11.9. The Morgan fingerprint density at radius 1 is 1.02 bits per heavy atom. The monoisotopic (exact) mass is 548 g/mol. The molecule has 2 heterocycles. The number of hydrogen-bond donors (Lipinski definition) is 3. The van der Waals surface area contributed by atoms with Gasteiger partial charge in [-0.25, -0.2) is 0 Å². The Labute approximate surface area is 240 Å². The van der Waals surface area contributed by atoms with Gasteiger partial charge in [0.1, 0.15) is 11.6 Å². The fourth-order valence-electron chi connectivity index (χ4n) is 6.37. The Morgan fingerprint density at radius 2 is 1.77 bits per heavy atom. The van der Waals surface area contributed by atoms with Gasteiger partial charge in [-0.1, -0.05) is 75.4 Å². The normalized spacial score (nSPS) is 21.8. The average Bonchev–Trinajstić information content (AvgIpc) is 3.51. The number of aliphatic hydroxyl groups excluding tert-OH is 1. The predicted octanol–water partition coefficient (Wildman–Crippen LogP) is 3.85. The van der Waals surface area contributed by atoms with Crippen LogP contribution in [-0.2, 0) is 22.6 Å². The molecule has 0 radical (unpaired) electrons. The minimum atomic E-state index is -0.792. The molecule has 0 aliphatic carbocycles. The highest BCUT2D eigenvalue weighted by Gasteiger charge is 2.54. The van der Waals surface area contributed by atoms with Crippen molar-refractivity contribution in [3.63, 3.8) is 0 Å². The number of hydrogen-bond acceptors (Lipinski definition) is 5. The van der Waals surface area contributed by atoms with E-state index in [0.29, 0.717) is 32.0 Å². The maximum atomic E-state index is 13.7. The molecule has 2 amide bonds. The van der Waals surface area contributed by atoms with E-state index in [1.165, 1.54) is 11.1 Å². The summed E-state index contributed by atoms with van der Waals surface area (Å²) in [6.07, 6.45) is 3.41. The van der Waals surface area contributed by atoms with Crippen LogP contribution in [0.25, 0.3) is 0 Å². The van der Waals surface area contributed by atoms with Crippen molar-refractivity contribution in [2.75, 3.05) is 26.2 Å². The molecule has 2 aliphatic heterocycles. The molecule has 7 nitrogen and oxygen atoms in total. The van der Waals surface area contributed by atoms with Crippen LogP contribution in [0.3, 0.4) is 0 Å². The van der Waals surface area contributed by atoms with Crippen molar-refractivity contribution in [2.24, 2.45) is 0 Å². The largest absolute Gasteiger partial charge is 0.390 e. The summed E-state index contributed by atoms with van der Waals surface area (Å²) in [6, 6.07) is 17.3. The molecule has 0 bridgehead atoms. The highest BCUT2D eigenvalue weighted by molar-refractivity contribution is 5.94. The number of amides is 2. The third-order valence-electron chi connectivity index (χ3n) is 8.78. The van der Waals surface area contributed by atoms with Crippen molar-refractivity contribution in [1.29, 1.82) is 0 Å². The lowest BCUT2D eigenvalue weighted by Crippen LogP contribution is -2.56. The van der Waals surface area contributed by atoms with Gasteiger partial charge >= 0.3 is 0 Å². The fraction of sp³-hybridized carbons (Fsp3) is 0.576. The molecular weight excluding hydrogens is 500 g/mol. The summed E-state index contributed by atoms with van der Waals surface area (Å²) >= 11 is 0. The summed E-state index contributed by atoms with van der Waals surface area (Å²) in [4.78, 5) is 31.3. The highest BCUT2D eigenvalue weighted by atomic mass is 16.3. The van der Waals surface area contributed by atoms with Crippen LogP contribution < -0.4 is 10.6 Å². The standard InChI is InChI=1S/C33H48N4O3/c1-5-17-36-18-10-15-33(36)16-19-37(32(33)40)25(4)31(39)35-29(21-26-11-7-6-8-12-26)30(38)23-34-22-27-13-9-14-28(20-27)24(2)3/h6-9,11-14,20,24-25,29-30,34,38H,5,10,15-19,21-23H2,1-4H3,(H,35,39)/t25-,29-,30+,33-/m0/s1. The van der Waals surface area contributed by atoms with Crippen molar-refractivity contribution in [1.82, 2.24) is 20.4 Å². The van der Waals surface area contributed by atoms with Crippen LogP contribution in [-0.4, -0.2) is 76.6 Å². The Morgan fingerprint density at radius 3 is 2.50 bits per heavy atom. The zero-order chi connectivity index (χ0) is 28.7. The van der Waals surface area contributed by atoms with Gasteiger partial charge in [-0.2, -0.15) is 0 Å². The first-order valence-corrected chi connectivity index (χ1v) is 15.1. The van der Waals surface area contributed by atoms with E-state index in [9.17, 15) is 14.7 Å². The number of carbonyl (C=O) groups excluding carboxylic acids is 2. The van der Waals surface area contributed by atoms with Crippen LogP contribution in [0.5, 0.6) is 0 Å². The molecule has 4 atom stereocenters. The summed E-state index contributed by atoms with van der Waals surface area (Å²) in [5.41, 5.74) is 3.06. The molecule has 2 saturated heterocycles. The number of carbonyl (C=O) groups is 2. The van der Waals surface area contributed by atoms with Crippen molar-refractivity contribution in [3.8, 4) is 0 Å². The van der Waals surface area contributed by atoms with E-state index >= 15 is 0 Å². The molecule has 40 heavy (non-hydrogen) atoms. The second kappa shape index (κ2) is 13.7. The molecule has 1 spiro atoms. The third kappa shape index (κ3) is 6.93. The Bertz CT molecular complexity index is 1120. The zero-order valence-corrected chi connectivity index (χ0v) is 24.7.